The van der Waals surface area contributed by atoms with Gasteiger partial charge in [-0.1, -0.05) is 86.7 Å². The van der Waals surface area contributed by atoms with Gasteiger partial charge in [-0.15, -0.1) is 0 Å². The van der Waals surface area contributed by atoms with Gasteiger partial charge in [0.2, 0.25) is 35.4 Å². The Kier molecular flexibility index (Phi) is 24.5. The van der Waals surface area contributed by atoms with Gasteiger partial charge in [-0.25, -0.2) is 4.79 Å². The van der Waals surface area contributed by atoms with E-state index in [1.807, 2.05) is 43.3 Å². The molecule has 2 aromatic rings. The molecular weight excluding hydrogens is 961 g/mol. The van der Waals surface area contributed by atoms with Crippen LogP contribution in [-0.2, 0) is 60.7 Å². The van der Waals surface area contributed by atoms with Gasteiger partial charge in [0.1, 0.15) is 36.0 Å². The second-order valence-corrected chi connectivity index (χ2v) is 18.0. The number of carboxylic acid groups (broad SMARTS) is 2. The van der Waals surface area contributed by atoms with Gasteiger partial charge in [-0.05, 0) is 75.6 Å². The lowest BCUT2D eigenvalue weighted by molar-refractivity contribution is -0.143. The van der Waals surface area contributed by atoms with Crippen molar-refractivity contribution < 1.29 is 63.2 Å². The maximum Gasteiger partial charge on any atom is 0.326 e. The van der Waals surface area contributed by atoms with E-state index in [0.29, 0.717) is 17.6 Å². The van der Waals surface area contributed by atoms with Gasteiger partial charge >= 0.3 is 11.9 Å². The molecule has 2 aromatic carbocycles. The molecule has 74 heavy (non-hydrogen) atoms. The number of benzene rings is 2. The molecule has 1 heterocycles. The molecular formula is C51H70N10O13. The zero-order valence-corrected chi connectivity index (χ0v) is 42.2. The average molecular weight is 1030 g/mol. The summed E-state index contributed by atoms with van der Waals surface area (Å²) in [4.78, 5) is 125. The van der Waals surface area contributed by atoms with Crippen LogP contribution in [0.4, 0.5) is 0 Å². The maximum absolute atomic E-state index is 14.4. The lowest BCUT2D eigenvalue weighted by Crippen LogP contribution is -2.59. The van der Waals surface area contributed by atoms with Gasteiger partial charge in [0.15, 0.2) is 5.96 Å². The third-order valence-corrected chi connectivity index (χ3v) is 12.0. The average Bonchev–Trinajstić information content (AvgIpc) is 3.34. The predicted octanol–water partition coefficient (Wildman–Crippen LogP) is 0.323. The first kappa shape index (κ1) is 60.2. The van der Waals surface area contributed by atoms with E-state index in [0.717, 1.165) is 5.56 Å². The van der Waals surface area contributed by atoms with E-state index in [4.69, 9.17) is 16.2 Å². The first-order valence-electron chi connectivity index (χ1n) is 24.0. The summed E-state index contributed by atoms with van der Waals surface area (Å²) in [6.45, 7) is 9.92. The smallest absolute Gasteiger partial charge is 0.326 e. The number of nitrogens with zero attached hydrogens (tertiary/aromatic N) is 1. The first-order valence-corrected chi connectivity index (χ1v) is 24.0. The summed E-state index contributed by atoms with van der Waals surface area (Å²) in [7, 11) is 1.60. The number of allylic oxidation sites excluding steroid dienone is 2. The summed E-state index contributed by atoms with van der Waals surface area (Å²) in [6, 6.07) is 6.59. The highest BCUT2D eigenvalue weighted by Crippen LogP contribution is 2.19. The van der Waals surface area contributed by atoms with Crippen molar-refractivity contribution in [1.82, 2.24) is 37.2 Å². The molecule has 402 valence electrons. The number of carboxylic acids is 2. The van der Waals surface area contributed by atoms with Crippen LogP contribution in [-0.4, -0.2) is 131 Å². The lowest BCUT2D eigenvalue weighted by Gasteiger charge is -2.28. The molecule has 0 aromatic heterocycles. The fourth-order valence-corrected chi connectivity index (χ4v) is 7.64. The molecule has 0 saturated carbocycles. The number of phenols is 1. The number of hydrogen-bond donors (Lipinski definition) is 12. The third-order valence-electron chi connectivity index (χ3n) is 12.0. The van der Waals surface area contributed by atoms with E-state index in [1.54, 1.807) is 32.2 Å². The molecule has 2 unspecified atom stereocenters. The Morgan fingerprint density at radius 2 is 1.42 bits per heavy atom. The number of aryl methyl sites for hydroxylation is 1. The van der Waals surface area contributed by atoms with Crippen LogP contribution in [0.15, 0.2) is 95.7 Å². The quantitative estimate of drug-likeness (QED) is 0.0334. The number of aliphatic carboxylic acids is 2. The van der Waals surface area contributed by atoms with Gasteiger partial charge in [0.05, 0.1) is 30.2 Å². The van der Waals surface area contributed by atoms with Gasteiger partial charge in [-0.2, -0.15) is 0 Å². The molecule has 23 nitrogen and oxygen atoms in total. The van der Waals surface area contributed by atoms with E-state index in [9.17, 15) is 58.5 Å². The van der Waals surface area contributed by atoms with Crippen molar-refractivity contribution in [3.63, 3.8) is 0 Å². The van der Waals surface area contributed by atoms with Gasteiger partial charge < -0.3 is 68.7 Å². The monoisotopic (exact) mass is 1030 g/mol. The number of aromatic hydroxyl groups is 1. The largest absolute Gasteiger partial charge is 0.508 e. The topological polar surface area (TPSA) is 372 Å². The molecule has 1 aliphatic heterocycles. The van der Waals surface area contributed by atoms with Crippen LogP contribution in [0, 0.1) is 11.8 Å². The molecule has 9 atom stereocenters. The Bertz CT molecular complexity index is 2410. The number of guanidine groups is 1. The van der Waals surface area contributed by atoms with Gasteiger partial charge in [-0.3, -0.25) is 43.3 Å². The Morgan fingerprint density at radius 1 is 0.811 bits per heavy atom. The zero-order valence-electron chi connectivity index (χ0n) is 42.2. The fraction of sp³-hybridized carbons (Fsp3) is 0.451. The van der Waals surface area contributed by atoms with Gasteiger partial charge in [0.25, 0.3) is 5.91 Å². The van der Waals surface area contributed by atoms with E-state index >= 15 is 0 Å². The molecule has 3 rings (SSSR count). The van der Waals surface area contributed by atoms with Crippen LogP contribution in [0.3, 0.4) is 0 Å². The standard InChI is InChI=1S/C51H70N10O13/c1-28(25-29(2)41(74-6)26-34-11-8-7-9-12-34)14-20-36-30(3)44(66)60-39(50(72)73)22-23-42(63)55-31(4)45(67)56-32(5)46(68)58-38(21-17-33-15-18-35(62)19-16-33)48(70)61-40(27-43(64)65)49(71)59-37(47(69)57-36)13-10-24-54-51(52)53/h7-9,11-12,14-16,18-20,25,29-30,32,36-41,62H,4,10,13,17,21-24,26-27H2,1-3,5-6H3,(H,55,63)(H,56,67)(H,57,69)(H,58,68)(H,59,71)(H,60,66)(H,61,70)(H,64,65)(H,72,73)(H4,52,53,54)/b20-14+,28-25+/t29-,30-,32+,36?,37-,38-,39+,40?,41-/m0/s1. The summed E-state index contributed by atoms with van der Waals surface area (Å²) in [5.74, 6) is -11.4. The number of aliphatic imine (C=N–C) groups is 1. The highest BCUT2D eigenvalue weighted by Gasteiger charge is 2.34. The minimum absolute atomic E-state index is 0.0155. The number of carbonyl (C=O) groups excluding carboxylic acids is 7. The number of ether oxygens (including phenoxy) is 1. The molecule has 14 N–H and O–H groups in total. The number of phenolic OH excluding ortho intramolecular Hbond substituents is 1. The second-order valence-electron chi connectivity index (χ2n) is 18.0. The molecule has 0 bridgehead atoms. The Hall–Kier alpha value is -8.08. The van der Waals surface area contributed by atoms with E-state index in [1.165, 1.54) is 32.1 Å². The van der Waals surface area contributed by atoms with Crippen molar-refractivity contribution in [1.29, 1.82) is 0 Å². The Morgan fingerprint density at radius 3 is 2.04 bits per heavy atom. The number of rotatable bonds is 17. The number of nitrogens with two attached hydrogens (primary N) is 2. The molecule has 1 saturated heterocycles. The molecule has 1 aliphatic rings. The normalized spacial score (nSPS) is 23.3. The fourth-order valence-electron chi connectivity index (χ4n) is 7.64. The van der Waals surface area contributed by atoms with Crippen molar-refractivity contribution in [3.05, 3.63) is 102 Å². The predicted molar refractivity (Wildman–Crippen MR) is 272 cm³/mol. The van der Waals surface area contributed by atoms with Crippen molar-refractivity contribution in [3.8, 4) is 5.75 Å². The highest BCUT2D eigenvalue weighted by molar-refractivity contribution is 6.00. The highest BCUT2D eigenvalue weighted by atomic mass is 16.5. The molecule has 1 fully saturated rings. The first-order chi connectivity index (χ1) is 35.0. The summed E-state index contributed by atoms with van der Waals surface area (Å²) >= 11 is 0. The van der Waals surface area contributed by atoms with Crippen LogP contribution in [0.25, 0.3) is 0 Å². The molecule has 0 radical (unpaired) electrons. The second kappa shape index (κ2) is 30.1. The van der Waals surface area contributed by atoms with Crippen LogP contribution in [0.1, 0.15) is 77.3 Å². The van der Waals surface area contributed by atoms with Crippen LogP contribution >= 0.6 is 0 Å². The third kappa shape index (κ3) is 20.9. The van der Waals surface area contributed by atoms with Crippen molar-refractivity contribution in [2.75, 3.05) is 13.7 Å². The maximum atomic E-state index is 14.4. The number of methoxy groups -OCH3 is 1. The minimum Gasteiger partial charge on any atom is -0.508 e. The molecule has 7 amide bonds. The van der Waals surface area contributed by atoms with Crippen LogP contribution < -0.4 is 48.7 Å². The zero-order chi connectivity index (χ0) is 55.1. The van der Waals surface area contributed by atoms with Crippen LogP contribution in [0.5, 0.6) is 5.75 Å². The summed E-state index contributed by atoms with van der Waals surface area (Å²) in [5, 5.41) is 47.0. The number of hydrogen-bond acceptors (Lipinski definition) is 12. The van der Waals surface area contributed by atoms with E-state index < -0.39 is 120 Å². The summed E-state index contributed by atoms with van der Waals surface area (Å²) in [6.07, 6.45) is 3.33. The number of amides is 7. The van der Waals surface area contributed by atoms with Crippen LogP contribution in [0.2, 0.25) is 0 Å². The van der Waals surface area contributed by atoms with Crippen molar-refractivity contribution in [2.24, 2.45) is 28.3 Å². The number of carbonyl (C=O) groups is 9. The SMILES string of the molecule is C=C1NC(=O)CC[C@H](C(=O)O)NC(=O)[C@@H](C)C(/C=C/C(C)=C/[C@H](C)[C@H](Cc2ccccc2)OC)NC(=O)[C@H](CCCN=C(N)N)NC(=O)C(CC(=O)O)NC(=O)[C@H](CCc2ccc(O)cc2)NC(=O)[C@@H](C)NC1=O. The number of nitrogens with one attached hydrogen (secondary N) is 7. The van der Waals surface area contributed by atoms with Crippen molar-refractivity contribution >= 4 is 59.2 Å². The minimum atomic E-state index is -1.85. The summed E-state index contributed by atoms with van der Waals surface area (Å²) < 4.78 is 5.81. The molecule has 0 spiro atoms. The lowest BCUT2D eigenvalue weighted by atomic mass is 9.94. The Labute approximate surface area is 429 Å². The molecule has 23 heteroatoms. The van der Waals surface area contributed by atoms with E-state index in [2.05, 4.69) is 48.8 Å². The summed E-state index contributed by atoms with van der Waals surface area (Å²) in [5.41, 5.74) is 12.9. The molecule has 0 aliphatic carbocycles. The van der Waals surface area contributed by atoms with Gasteiger partial charge in [0, 0.05) is 26.0 Å². The van der Waals surface area contributed by atoms with E-state index in [-0.39, 0.29) is 56.0 Å². The Balaban J connectivity index is 2.12. The van der Waals surface area contributed by atoms with Crippen molar-refractivity contribution in [2.45, 2.75) is 121 Å².